The molecule has 0 atom stereocenters. The molecule has 3 saturated heterocycles. The standard InChI is InChI=1S/C23H47NO2.C22H44N2O2.C19H38N2O3.C18H38O5.C4H10/c1-22(2,3)24-16-14-21(15-17-24)13-9-7-10-18-25-19-11-8-12-20-26-23(4,5)6;1-21(2,3)24-14-12-23(13-15-24)11-9-7-8-10-16-25-19-17-20(18-19)26-22(4,5)6;1-19(2,3)24-18-15-17(16-18)23-14-12-21-10-8-20(9-11-21)7-5-4-6-13-22;1-17(2,3)7-8-19-9-10-20-11-12-21-13-14-22-15-16-23-18(4,5)6;1-4(2)3/h21H,7-20H2,1-6H3;19-20H,7-18H2,1-6H3;17-18,22H,4-16H2,1-3H3;7-16H2,1-6H3;4H,1-3H3. The smallest absolute Gasteiger partial charge is 0.0707 e. The highest BCUT2D eigenvalue weighted by Crippen LogP contribution is 2.32. The van der Waals surface area contributed by atoms with Crippen molar-refractivity contribution in [1.29, 1.82) is 0 Å². The van der Waals surface area contributed by atoms with E-state index < -0.39 is 0 Å². The van der Waals surface area contributed by atoms with E-state index >= 15 is 0 Å². The number of rotatable bonds is 45. The molecule has 0 aromatic carbocycles. The number of aliphatic hydroxyl groups is 1. The third-order valence-electron chi connectivity index (χ3n) is 18.9. The van der Waals surface area contributed by atoms with E-state index in [0.29, 0.717) is 100 Å². The molecule has 0 spiro atoms. The Labute approximate surface area is 639 Å². The second-order valence-electron chi connectivity index (χ2n) is 38.1. The minimum atomic E-state index is -0.104. The van der Waals surface area contributed by atoms with Crippen LogP contribution in [-0.4, -0.2) is 272 Å². The van der Waals surface area contributed by atoms with Crippen molar-refractivity contribution in [2.45, 2.75) is 359 Å². The normalized spacial score (nSPS) is 20.4. The quantitative estimate of drug-likeness (QED) is 0.0578. The Morgan fingerprint density at radius 3 is 1.09 bits per heavy atom. The zero-order valence-electron chi connectivity index (χ0n) is 72.8. The summed E-state index contributed by atoms with van der Waals surface area (Å²) in [6.45, 7) is 78.5. The van der Waals surface area contributed by atoms with Crippen molar-refractivity contribution in [2.75, 3.05) is 184 Å². The maximum atomic E-state index is 8.81. The molecule has 0 aromatic heterocycles. The van der Waals surface area contributed by atoms with Gasteiger partial charge in [-0.2, -0.15) is 0 Å². The summed E-state index contributed by atoms with van der Waals surface area (Å²) in [7, 11) is 0. The summed E-state index contributed by atoms with van der Waals surface area (Å²) in [6.07, 6.45) is 27.2. The first-order valence-electron chi connectivity index (χ1n) is 42.3. The van der Waals surface area contributed by atoms with Crippen molar-refractivity contribution in [1.82, 2.24) is 24.5 Å². The number of ether oxygens (including phenoxy) is 11. The largest absolute Gasteiger partial charge is 0.396 e. The molecule has 3 aliphatic heterocycles. The maximum absolute atomic E-state index is 8.81. The van der Waals surface area contributed by atoms with E-state index in [-0.39, 0.29) is 22.4 Å². The van der Waals surface area contributed by atoms with Crippen LogP contribution in [-0.2, 0) is 52.1 Å². The fourth-order valence-corrected chi connectivity index (χ4v) is 12.6. The summed E-state index contributed by atoms with van der Waals surface area (Å²) in [5.74, 6) is 1.80. The van der Waals surface area contributed by atoms with Crippen molar-refractivity contribution in [3.8, 4) is 0 Å². The van der Waals surface area contributed by atoms with Gasteiger partial charge in [-0.15, -0.1) is 0 Å². The van der Waals surface area contributed by atoms with Gasteiger partial charge in [0.1, 0.15) is 0 Å². The molecule has 17 nitrogen and oxygen atoms in total. The Hall–Kier alpha value is -0.680. The Morgan fingerprint density at radius 1 is 0.320 bits per heavy atom. The lowest BCUT2D eigenvalue weighted by molar-refractivity contribution is -0.150. The topological polar surface area (TPSA) is 138 Å². The molecule has 5 rings (SSSR count). The molecular formula is C86H177N5O12. The molecule has 103 heavy (non-hydrogen) atoms. The Morgan fingerprint density at radius 2 is 0.660 bits per heavy atom. The summed E-state index contributed by atoms with van der Waals surface area (Å²) < 4.78 is 62.7. The lowest BCUT2D eigenvalue weighted by atomic mass is 9.89. The van der Waals surface area contributed by atoms with Crippen molar-refractivity contribution in [2.24, 2.45) is 17.3 Å². The predicted octanol–water partition coefficient (Wildman–Crippen LogP) is 17.5. The number of unbranched alkanes of at least 4 members (excludes halogenated alkanes) is 9. The van der Waals surface area contributed by atoms with Gasteiger partial charge in [0, 0.05) is 110 Å². The van der Waals surface area contributed by atoms with Crippen LogP contribution in [0.5, 0.6) is 0 Å². The molecule has 2 aliphatic carbocycles. The van der Waals surface area contributed by atoms with E-state index in [0.717, 1.165) is 122 Å². The summed E-state index contributed by atoms with van der Waals surface area (Å²) >= 11 is 0. The molecule has 2 saturated carbocycles. The van der Waals surface area contributed by atoms with Gasteiger partial charge >= 0.3 is 0 Å². The molecule has 3 heterocycles. The number of piperazine rings is 2. The number of nitrogens with zero attached hydrogens (tertiary/aromatic N) is 5. The number of hydrogen-bond acceptors (Lipinski definition) is 17. The first-order valence-corrected chi connectivity index (χ1v) is 42.3. The van der Waals surface area contributed by atoms with E-state index in [9.17, 15) is 0 Å². The van der Waals surface area contributed by atoms with E-state index in [1.54, 1.807) is 0 Å². The van der Waals surface area contributed by atoms with Crippen LogP contribution in [0, 0.1) is 17.3 Å². The van der Waals surface area contributed by atoms with Crippen LogP contribution < -0.4 is 0 Å². The molecule has 5 fully saturated rings. The highest BCUT2D eigenvalue weighted by molar-refractivity contribution is 4.86. The second kappa shape index (κ2) is 56.5. The zero-order valence-corrected chi connectivity index (χ0v) is 72.8. The molecule has 0 amide bonds. The van der Waals surface area contributed by atoms with Crippen molar-refractivity contribution in [3.05, 3.63) is 0 Å². The highest BCUT2D eigenvalue weighted by Gasteiger charge is 2.35. The number of likely N-dealkylation sites (tertiary alicyclic amines) is 1. The average molecular weight is 1470 g/mol. The van der Waals surface area contributed by atoms with Gasteiger partial charge < -0.3 is 67.0 Å². The van der Waals surface area contributed by atoms with Gasteiger partial charge in [0.25, 0.3) is 0 Å². The van der Waals surface area contributed by atoms with Crippen LogP contribution in [0.25, 0.3) is 0 Å². The number of hydrogen-bond donors (Lipinski definition) is 1. The molecule has 0 unspecified atom stereocenters. The Kier molecular flexibility index (Phi) is 55.1. The molecule has 5 aliphatic rings. The SMILES string of the molecule is CC(C)(C)CCOCCOCCOCCOCCOC(C)(C)C.CC(C)(C)OC1CC(OCCCCCCN2CCN(C(C)(C)C)CC2)C1.CC(C)(C)OC1CC(OCCN2CCN(CCCCCO)CC2)C1.CC(C)(C)OCCCCCOCCCCCC1CCN(C(C)(C)C)CC1.CC(C)C. The van der Waals surface area contributed by atoms with Crippen LogP contribution in [0.1, 0.15) is 301 Å². The summed E-state index contributed by atoms with van der Waals surface area (Å²) in [4.78, 5) is 13.0. The van der Waals surface area contributed by atoms with Gasteiger partial charge in [0.15, 0.2) is 0 Å². The van der Waals surface area contributed by atoms with Gasteiger partial charge in [0.2, 0.25) is 0 Å². The summed E-state index contributed by atoms with van der Waals surface area (Å²) in [5, 5.41) is 8.81. The maximum Gasteiger partial charge on any atom is 0.0707 e. The zero-order chi connectivity index (χ0) is 77.3. The third kappa shape index (κ3) is 63.6. The predicted molar refractivity (Wildman–Crippen MR) is 434 cm³/mol. The summed E-state index contributed by atoms with van der Waals surface area (Å²) in [5.41, 5.74) is 0.846. The van der Waals surface area contributed by atoms with Crippen molar-refractivity contribution >= 4 is 0 Å². The Bertz CT molecular complexity index is 1860. The molecule has 17 heteroatoms. The van der Waals surface area contributed by atoms with Gasteiger partial charge in [-0.05, 0) is 271 Å². The molecule has 0 radical (unpaired) electrons. The van der Waals surface area contributed by atoms with Crippen LogP contribution in [0.3, 0.4) is 0 Å². The minimum Gasteiger partial charge on any atom is -0.396 e. The van der Waals surface area contributed by atoms with Crippen LogP contribution >= 0.6 is 0 Å². The van der Waals surface area contributed by atoms with Gasteiger partial charge in [-0.3, -0.25) is 14.7 Å². The van der Waals surface area contributed by atoms with Gasteiger partial charge in [-0.1, -0.05) is 73.6 Å². The molecule has 1 N–H and O–H groups in total. The van der Waals surface area contributed by atoms with Crippen LogP contribution in [0.15, 0.2) is 0 Å². The van der Waals surface area contributed by atoms with Crippen molar-refractivity contribution in [3.63, 3.8) is 0 Å². The van der Waals surface area contributed by atoms with Crippen LogP contribution in [0.4, 0.5) is 0 Å². The third-order valence-corrected chi connectivity index (χ3v) is 18.9. The van der Waals surface area contributed by atoms with E-state index in [1.807, 2.05) is 20.8 Å². The molecular weight excluding hydrogens is 1290 g/mol. The van der Waals surface area contributed by atoms with E-state index in [1.165, 1.54) is 149 Å². The molecule has 0 aromatic rings. The number of aliphatic hydroxyl groups excluding tert-OH is 1. The van der Waals surface area contributed by atoms with Crippen molar-refractivity contribution < 1.29 is 57.2 Å². The first-order chi connectivity index (χ1) is 48.2. The van der Waals surface area contributed by atoms with Crippen LogP contribution in [0.2, 0.25) is 0 Å². The highest BCUT2D eigenvalue weighted by atomic mass is 16.6. The van der Waals surface area contributed by atoms with E-state index in [2.05, 4.69) is 170 Å². The lowest BCUT2D eigenvalue weighted by Crippen LogP contribution is -2.53. The molecule has 618 valence electrons. The lowest BCUT2D eigenvalue weighted by Gasteiger charge is -2.42. The fraction of sp³-hybridized carbons (Fsp3) is 1.00. The monoisotopic (exact) mass is 1470 g/mol. The minimum absolute atomic E-state index is 0.0000982. The average Bonchev–Trinajstić information content (AvgIpc) is 0.862. The first kappa shape index (κ1) is 100. The fourth-order valence-electron chi connectivity index (χ4n) is 12.6. The van der Waals surface area contributed by atoms with E-state index in [4.69, 9.17) is 57.2 Å². The van der Waals surface area contributed by atoms with Gasteiger partial charge in [-0.25, -0.2) is 0 Å². The summed E-state index contributed by atoms with van der Waals surface area (Å²) in [6, 6.07) is 0. The van der Waals surface area contributed by atoms with Gasteiger partial charge in [0.05, 0.1) is 106 Å². The second-order valence-corrected chi connectivity index (χ2v) is 38.1. The molecule has 0 bridgehead atoms. The Balaban J connectivity index is 0.000000675. The number of piperidine rings is 1.